The van der Waals surface area contributed by atoms with Crippen molar-refractivity contribution in [3.63, 3.8) is 0 Å². The van der Waals surface area contributed by atoms with Crippen LogP contribution in [0.15, 0.2) is 0 Å². The van der Waals surface area contributed by atoms with Crippen LogP contribution in [0.4, 0.5) is 0 Å². The molecule has 0 bridgehead atoms. The fourth-order valence-electron chi connectivity index (χ4n) is 0. The normalized spacial score (nSPS) is 5.88. The number of rotatable bonds is 0. The summed E-state index contributed by atoms with van der Waals surface area (Å²) in [4.78, 5) is 35.6. The molecular formula is C8H12O8Pb-4. The van der Waals surface area contributed by atoms with Gasteiger partial charge >= 0.3 is 0 Å². The average molecular weight is 443 g/mol. The number of carbonyl (C=O) groups excluding carboxylic acids is 4. The molecule has 0 rings (SSSR count). The van der Waals surface area contributed by atoms with Crippen molar-refractivity contribution in [1.29, 1.82) is 0 Å². The second kappa shape index (κ2) is 24.2. The molecule has 17 heavy (non-hydrogen) atoms. The average Bonchev–Trinajstić information content (AvgIpc) is 1.76. The van der Waals surface area contributed by atoms with Crippen molar-refractivity contribution in [3.8, 4) is 0 Å². The van der Waals surface area contributed by atoms with Gasteiger partial charge in [-0.3, -0.25) is 0 Å². The van der Waals surface area contributed by atoms with E-state index in [4.69, 9.17) is 39.6 Å². The Morgan fingerprint density at radius 3 is 0.529 bits per heavy atom. The Hall–Kier alpha value is -1.20. The van der Waals surface area contributed by atoms with E-state index in [-0.39, 0.29) is 27.3 Å². The van der Waals surface area contributed by atoms with E-state index in [1.165, 1.54) is 0 Å². The van der Waals surface area contributed by atoms with Crippen LogP contribution in [0, 0.1) is 0 Å². The first kappa shape index (κ1) is 29.7. The Labute approximate surface area is 118 Å². The number of hydrogen-bond donors (Lipinski definition) is 0. The van der Waals surface area contributed by atoms with Gasteiger partial charge in [0.05, 0.1) is 0 Å². The third-order valence-corrected chi connectivity index (χ3v) is 0. The number of carbonyl (C=O) groups is 4. The van der Waals surface area contributed by atoms with Crippen LogP contribution < -0.4 is 20.4 Å². The van der Waals surface area contributed by atoms with Gasteiger partial charge in [-0.15, -0.1) is 0 Å². The maximum Gasteiger partial charge on any atom is 0.0383 e. The summed E-state index contributed by atoms with van der Waals surface area (Å²) in [6, 6.07) is 0. The van der Waals surface area contributed by atoms with Gasteiger partial charge in [0.25, 0.3) is 0 Å². The molecule has 0 heterocycles. The van der Waals surface area contributed by atoms with Gasteiger partial charge in [0.2, 0.25) is 0 Å². The molecule has 100 valence electrons. The molecule has 0 atom stereocenters. The summed E-state index contributed by atoms with van der Waals surface area (Å²) in [5, 5.41) is 35.6. The first-order valence-corrected chi connectivity index (χ1v) is 3.63. The summed E-state index contributed by atoms with van der Waals surface area (Å²) >= 11 is 0. The molecule has 4 radical (unpaired) electrons. The largest absolute Gasteiger partial charge is 0.550 e. The van der Waals surface area contributed by atoms with E-state index >= 15 is 0 Å². The van der Waals surface area contributed by atoms with E-state index in [1.807, 2.05) is 0 Å². The van der Waals surface area contributed by atoms with E-state index in [0.717, 1.165) is 27.7 Å². The second-order valence-electron chi connectivity index (χ2n) is 1.97. The van der Waals surface area contributed by atoms with Crippen LogP contribution in [0.5, 0.6) is 0 Å². The van der Waals surface area contributed by atoms with E-state index < -0.39 is 23.9 Å². The molecule has 0 N–H and O–H groups in total. The van der Waals surface area contributed by atoms with Crippen molar-refractivity contribution in [2.45, 2.75) is 27.7 Å². The Morgan fingerprint density at radius 2 is 0.529 bits per heavy atom. The standard InChI is InChI=1S/4C2H4O2.Pb/c4*1-2(3)4;/h4*1H3,(H,3,4);/p-4. The van der Waals surface area contributed by atoms with Gasteiger partial charge in [0.15, 0.2) is 0 Å². The number of hydrogen-bond acceptors (Lipinski definition) is 8. The third kappa shape index (κ3) is 1690. The van der Waals surface area contributed by atoms with Gasteiger partial charge in [-0.2, -0.15) is 0 Å². The van der Waals surface area contributed by atoms with Crippen molar-refractivity contribution in [2.24, 2.45) is 0 Å². The SMILES string of the molecule is CC(=O)[O-].CC(=O)[O-].CC(=O)[O-].CC(=O)[O-].[Pb]. The van der Waals surface area contributed by atoms with Crippen LogP contribution in [-0.4, -0.2) is 51.2 Å². The van der Waals surface area contributed by atoms with Crippen LogP contribution >= 0.6 is 0 Å². The van der Waals surface area contributed by atoms with Crippen molar-refractivity contribution >= 4 is 51.2 Å². The summed E-state index contributed by atoms with van der Waals surface area (Å²) < 4.78 is 0. The molecule has 0 aliphatic heterocycles. The van der Waals surface area contributed by atoms with Crippen LogP contribution in [0.2, 0.25) is 0 Å². The van der Waals surface area contributed by atoms with Crippen molar-refractivity contribution in [2.75, 3.05) is 0 Å². The molecule has 0 unspecified atom stereocenters. The molecule has 9 heteroatoms. The van der Waals surface area contributed by atoms with Gasteiger partial charge in [-0.25, -0.2) is 0 Å². The molecule has 0 saturated carbocycles. The first-order chi connectivity index (χ1) is 6.93. The maximum absolute atomic E-state index is 8.89. The van der Waals surface area contributed by atoms with E-state index in [0.29, 0.717) is 0 Å². The summed E-state index contributed by atoms with van der Waals surface area (Å²) in [6.07, 6.45) is 0. The molecule has 0 aromatic rings. The molecule has 0 saturated heterocycles. The van der Waals surface area contributed by atoms with Gasteiger partial charge in [0, 0.05) is 51.2 Å². The van der Waals surface area contributed by atoms with Gasteiger partial charge in [0.1, 0.15) is 0 Å². The number of carboxylic acid groups (broad SMARTS) is 4. The fraction of sp³-hybridized carbons (Fsp3) is 0.500. The summed E-state index contributed by atoms with van der Waals surface area (Å²) in [5.74, 6) is -4.33. The zero-order valence-electron chi connectivity index (χ0n) is 9.77. The predicted octanol–water partition coefficient (Wildman–Crippen LogP) is -5.36. The summed E-state index contributed by atoms with van der Waals surface area (Å²) in [7, 11) is 0. The zero-order valence-corrected chi connectivity index (χ0v) is 13.7. The minimum absolute atomic E-state index is 0. The molecule has 0 aromatic heterocycles. The molecule has 0 amide bonds. The van der Waals surface area contributed by atoms with Crippen molar-refractivity contribution in [3.05, 3.63) is 0 Å². The van der Waals surface area contributed by atoms with Crippen LogP contribution in [0.25, 0.3) is 0 Å². The summed E-state index contributed by atoms with van der Waals surface area (Å²) in [5.41, 5.74) is 0. The minimum atomic E-state index is -1.08. The topological polar surface area (TPSA) is 161 Å². The maximum atomic E-state index is 8.89. The number of aliphatic carboxylic acids is 4. The second-order valence-corrected chi connectivity index (χ2v) is 1.97. The molecule has 0 spiro atoms. The van der Waals surface area contributed by atoms with E-state index in [9.17, 15) is 0 Å². The van der Waals surface area contributed by atoms with Crippen LogP contribution in [0.1, 0.15) is 27.7 Å². The Kier molecular flexibility index (Phi) is 42.2. The molecule has 0 aliphatic carbocycles. The first-order valence-electron chi connectivity index (χ1n) is 3.63. The van der Waals surface area contributed by atoms with Crippen LogP contribution in [-0.2, 0) is 19.2 Å². The Morgan fingerprint density at radius 1 is 0.529 bits per heavy atom. The van der Waals surface area contributed by atoms with Gasteiger partial charge < -0.3 is 39.6 Å². The Bertz CT molecular complexity index is 162. The van der Waals surface area contributed by atoms with Crippen LogP contribution in [0.3, 0.4) is 0 Å². The molecule has 0 aliphatic rings. The summed E-state index contributed by atoms with van der Waals surface area (Å²) in [6.45, 7) is 3.89. The predicted molar refractivity (Wildman–Crippen MR) is 48.5 cm³/mol. The van der Waals surface area contributed by atoms with Gasteiger partial charge in [-0.1, -0.05) is 0 Å². The van der Waals surface area contributed by atoms with Crippen molar-refractivity contribution in [1.82, 2.24) is 0 Å². The van der Waals surface area contributed by atoms with Gasteiger partial charge in [-0.05, 0) is 27.7 Å². The Balaban J connectivity index is -0.0000000369. The zero-order chi connectivity index (χ0) is 14.3. The number of carboxylic acids is 4. The molecule has 8 nitrogen and oxygen atoms in total. The quantitative estimate of drug-likeness (QED) is 0.335. The minimum Gasteiger partial charge on any atom is -0.550 e. The smallest absolute Gasteiger partial charge is 0.0383 e. The molecule has 0 aromatic carbocycles. The fourth-order valence-corrected chi connectivity index (χ4v) is 0. The monoisotopic (exact) mass is 444 g/mol. The van der Waals surface area contributed by atoms with E-state index in [1.54, 1.807) is 0 Å². The molecular weight excluding hydrogens is 431 g/mol. The van der Waals surface area contributed by atoms with Crippen molar-refractivity contribution < 1.29 is 39.6 Å². The molecule has 0 fully saturated rings. The third-order valence-electron chi connectivity index (χ3n) is 0. The van der Waals surface area contributed by atoms with E-state index in [2.05, 4.69) is 0 Å².